The molecule has 1 N–H and O–H groups in total. The molecule has 1 aromatic rings. The number of thiophene rings is 1. The molecule has 0 spiro atoms. The van der Waals surface area contributed by atoms with E-state index in [1.54, 1.807) is 11.3 Å². The van der Waals surface area contributed by atoms with E-state index in [1.165, 1.54) is 4.88 Å². The Hall–Kier alpha value is -0.100. The smallest absolute Gasteiger partial charge is 0.150 e. The summed E-state index contributed by atoms with van der Waals surface area (Å²) >= 11 is 7.53. The second-order valence-corrected chi connectivity index (χ2v) is 8.73. The van der Waals surface area contributed by atoms with Crippen LogP contribution in [0.3, 0.4) is 0 Å². The Morgan fingerprint density at radius 3 is 2.83 bits per heavy atom. The third-order valence-corrected chi connectivity index (χ3v) is 6.47. The molecule has 0 bridgehead atoms. The van der Waals surface area contributed by atoms with Crippen LogP contribution >= 0.6 is 22.9 Å². The van der Waals surface area contributed by atoms with Gasteiger partial charge in [0.2, 0.25) is 0 Å². The minimum absolute atomic E-state index is 0.228. The van der Waals surface area contributed by atoms with Crippen molar-refractivity contribution in [1.82, 2.24) is 5.32 Å². The predicted octanol–water partition coefficient (Wildman–Crippen LogP) is 2.88. The lowest BCUT2D eigenvalue weighted by atomic mass is 9.98. The fraction of sp³-hybridized carbons (Fsp3) is 0.667. The molecule has 0 radical (unpaired) electrons. The maximum atomic E-state index is 11.5. The molecule has 2 rings (SSSR count). The van der Waals surface area contributed by atoms with E-state index >= 15 is 0 Å². The van der Waals surface area contributed by atoms with Crippen molar-refractivity contribution in [3.63, 3.8) is 0 Å². The van der Waals surface area contributed by atoms with Crippen molar-refractivity contribution < 1.29 is 8.42 Å². The van der Waals surface area contributed by atoms with E-state index in [4.69, 9.17) is 11.6 Å². The summed E-state index contributed by atoms with van der Waals surface area (Å²) in [6, 6.07) is 4.16. The lowest BCUT2D eigenvalue weighted by Gasteiger charge is -2.19. The van der Waals surface area contributed by atoms with Gasteiger partial charge in [-0.2, -0.15) is 0 Å². The molecular weight excluding hydrogens is 290 g/mol. The number of hydrogen-bond donors (Lipinski definition) is 1. The third-order valence-electron chi connectivity index (χ3n) is 3.28. The second kappa shape index (κ2) is 5.90. The molecule has 1 aliphatic rings. The van der Waals surface area contributed by atoms with Gasteiger partial charge in [0.1, 0.15) is 0 Å². The van der Waals surface area contributed by atoms with E-state index in [0.717, 1.165) is 23.7 Å². The minimum Gasteiger partial charge on any atom is -0.310 e. The SMILES string of the molecule is CCNC(CC1CCS(=O)(=O)C1)c1ccc(Cl)s1. The van der Waals surface area contributed by atoms with Crippen molar-refractivity contribution in [2.45, 2.75) is 25.8 Å². The van der Waals surface area contributed by atoms with Crippen LogP contribution in [0.1, 0.15) is 30.7 Å². The Bertz CT molecular complexity index is 498. The fourth-order valence-electron chi connectivity index (χ4n) is 2.45. The highest BCUT2D eigenvalue weighted by molar-refractivity contribution is 7.91. The first-order valence-corrected chi connectivity index (χ1v) is 9.21. The second-order valence-electron chi connectivity index (χ2n) is 4.76. The van der Waals surface area contributed by atoms with Crippen LogP contribution in [0.4, 0.5) is 0 Å². The first-order valence-electron chi connectivity index (χ1n) is 6.19. The molecule has 18 heavy (non-hydrogen) atoms. The molecule has 0 aliphatic carbocycles. The molecular formula is C12H18ClNO2S2. The van der Waals surface area contributed by atoms with Crippen LogP contribution in [0.2, 0.25) is 4.34 Å². The van der Waals surface area contributed by atoms with Gasteiger partial charge in [-0.25, -0.2) is 8.42 Å². The van der Waals surface area contributed by atoms with Crippen molar-refractivity contribution in [3.8, 4) is 0 Å². The van der Waals surface area contributed by atoms with Gasteiger partial charge in [0.15, 0.2) is 9.84 Å². The average molecular weight is 308 g/mol. The molecule has 1 fully saturated rings. The van der Waals surface area contributed by atoms with Gasteiger partial charge in [0.05, 0.1) is 15.8 Å². The summed E-state index contributed by atoms with van der Waals surface area (Å²) in [7, 11) is -2.78. The summed E-state index contributed by atoms with van der Waals surface area (Å²) in [5, 5.41) is 3.42. The van der Waals surface area contributed by atoms with Crippen LogP contribution in [-0.2, 0) is 9.84 Å². The highest BCUT2D eigenvalue weighted by atomic mass is 35.5. The zero-order valence-electron chi connectivity index (χ0n) is 10.4. The third kappa shape index (κ3) is 3.70. The fourth-order valence-corrected chi connectivity index (χ4v) is 5.48. The van der Waals surface area contributed by atoms with Crippen LogP contribution < -0.4 is 5.32 Å². The molecule has 1 aliphatic heterocycles. The standard InChI is InChI=1S/C12H18ClNO2S2/c1-2-14-10(11-3-4-12(13)17-11)7-9-5-6-18(15,16)8-9/h3-4,9-10,14H,2,5-8H2,1H3. The Morgan fingerprint density at radius 2 is 2.33 bits per heavy atom. The molecule has 0 aromatic carbocycles. The Labute approximate surface area is 117 Å². The summed E-state index contributed by atoms with van der Waals surface area (Å²) in [4.78, 5) is 1.20. The van der Waals surface area contributed by atoms with Crippen LogP contribution in [-0.4, -0.2) is 26.5 Å². The average Bonchev–Trinajstić information content (AvgIpc) is 2.84. The largest absolute Gasteiger partial charge is 0.310 e. The van der Waals surface area contributed by atoms with Gasteiger partial charge in [-0.1, -0.05) is 18.5 Å². The van der Waals surface area contributed by atoms with Crippen LogP contribution in [0, 0.1) is 5.92 Å². The Balaban J connectivity index is 2.03. The maximum absolute atomic E-state index is 11.5. The minimum atomic E-state index is -2.78. The van der Waals surface area contributed by atoms with Gasteiger partial charge in [-0.15, -0.1) is 11.3 Å². The molecule has 3 nitrogen and oxygen atoms in total. The van der Waals surface area contributed by atoms with Gasteiger partial charge in [-0.3, -0.25) is 0 Å². The zero-order valence-corrected chi connectivity index (χ0v) is 12.7. The number of hydrogen-bond acceptors (Lipinski definition) is 4. The number of rotatable bonds is 5. The highest BCUT2D eigenvalue weighted by Gasteiger charge is 2.30. The van der Waals surface area contributed by atoms with Crippen molar-refractivity contribution in [3.05, 3.63) is 21.3 Å². The van der Waals surface area contributed by atoms with Gasteiger partial charge >= 0.3 is 0 Å². The first-order chi connectivity index (χ1) is 8.50. The molecule has 2 heterocycles. The maximum Gasteiger partial charge on any atom is 0.150 e. The zero-order chi connectivity index (χ0) is 13.2. The summed E-state index contributed by atoms with van der Waals surface area (Å²) in [5.74, 6) is 0.968. The van der Waals surface area contributed by atoms with Crippen molar-refractivity contribution in [2.75, 3.05) is 18.1 Å². The van der Waals surface area contributed by atoms with E-state index in [0.29, 0.717) is 11.5 Å². The van der Waals surface area contributed by atoms with Gasteiger partial charge < -0.3 is 5.32 Å². The Kier molecular flexibility index (Phi) is 4.69. The predicted molar refractivity (Wildman–Crippen MR) is 77.1 cm³/mol. The lowest BCUT2D eigenvalue weighted by molar-refractivity contribution is 0.426. The number of sulfone groups is 1. The van der Waals surface area contributed by atoms with Crippen LogP contribution in [0.5, 0.6) is 0 Å². The molecule has 0 amide bonds. The van der Waals surface area contributed by atoms with Crippen molar-refractivity contribution in [2.24, 2.45) is 5.92 Å². The summed E-state index contributed by atoms with van der Waals surface area (Å²) in [6.07, 6.45) is 1.67. The quantitative estimate of drug-likeness (QED) is 0.910. The molecule has 2 atom stereocenters. The van der Waals surface area contributed by atoms with E-state index in [9.17, 15) is 8.42 Å². The van der Waals surface area contributed by atoms with Crippen molar-refractivity contribution in [1.29, 1.82) is 0 Å². The molecule has 1 aromatic heterocycles. The molecule has 102 valence electrons. The van der Waals surface area contributed by atoms with Crippen LogP contribution in [0.25, 0.3) is 0 Å². The number of nitrogens with one attached hydrogen (secondary N) is 1. The van der Waals surface area contributed by atoms with Crippen molar-refractivity contribution >= 4 is 32.8 Å². The molecule has 2 unspecified atom stereocenters. The normalized spacial score (nSPS) is 24.2. The van der Waals surface area contributed by atoms with Gasteiger partial charge in [0.25, 0.3) is 0 Å². The molecule has 0 saturated carbocycles. The molecule has 1 saturated heterocycles. The van der Waals surface area contributed by atoms with E-state index < -0.39 is 9.84 Å². The monoisotopic (exact) mass is 307 g/mol. The highest BCUT2D eigenvalue weighted by Crippen LogP contribution is 2.33. The van der Waals surface area contributed by atoms with Crippen LogP contribution in [0.15, 0.2) is 12.1 Å². The summed E-state index contributed by atoms with van der Waals surface area (Å²) in [5.41, 5.74) is 0. The van der Waals surface area contributed by atoms with E-state index in [-0.39, 0.29) is 12.0 Å². The number of halogens is 1. The summed E-state index contributed by atoms with van der Waals surface area (Å²) in [6.45, 7) is 2.94. The first kappa shape index (κ1) is 14.3. The summed E-state index contributed by atoms with van der Waals surface area (Å²) < 4.78 is 23.7. The van der Waals surface area contributed by atoms with E-state index in [2.05, 4.69) is 12.2 Å². The van der Waals surface area contributed by atoms with Gasteiger partial charge in [0, 0.05) is 10.9 Å². The van der Waals surface area contributed by atoms with E-state index in [1.807, 2.05) is 12.1 Å². The van der Waals surface area contributed by atoms with Gasteiger partial charge in [-0.05, 0) is 37.4 Å². The topological polar surface area (TPSA) is 46.2 Å². The molecule has 6 heteroatoms. The lowest BCUT2D eigenvalue weighted by Crippen LogP contribution is -2.23. The Morgan fingerprint density at radius 1 is 1.56 bits per heavy atom.